The number of benzene rings is 1. The lowest BCUT2D eigenvalue weighted by Gasteiger charge is -2.26. The standard InChI is InChI=1S/C20H16F3N3OS/c21-20(22,23)14-6-4-13(5-7-14)19-25-16-8-10-26(12-17(16)28-19)18(27)11-15-3-1-2-9-24-15/h1-7,9H,8,10-12H2. The Morgan fingerprint density at radius 2 is 1.93 bits per heavy atom. The number of rotatable bonds is 3. The summed E-state index contributed by atoms with van der Waals surface area (Å²) in [5, 5.41) is 0.678. The quantitative estimate of drug-likeness (QED) is 0.653. The molecule has 8 heteroatoms. The molecule has 0 atom stereocenters. The highest BCUT2D eigenvalue weighted by atomic mass is 32.1. The predicted molar refractivity (Wildman–Crippen MR) is 99.6 cm³/mol. The van der Waals surface area contributed by atoms with E-state index in [1.807, 2.05) is 12.1 Å². The first-order chi connectivity index (χ1) is 13.4. The summed E-state index contributed by atoms with van der Waals surface area (Å²) in [7, 11) is 0. The number of fused-ring (bicyclic) bond motifs is 1. The van der Waals surface area contributed by atoms with E-state index < -0.39 is 11.7 Å². The van der Waals surface area contributed by atoms with Gasteiger partial charge in [0.15, 0.2) is 0 Å². The van der Waals surface area contributed by atoms with Gasteiger partial charge in [0, 0.05) is 35.3 Å². The number of hydrogen-bond acceptors (Lipinski definition) is 4. The SMILES string of the molecule is O=C(Cc1ccccn1)N1CCc2nc(-c3ccc(C(F)(F)F)cc3)sc2C1. The highest BCUT2D eigenvalue weighted by Crippen LogP contribution is 2.34. The zero-order valence-corrected chi connectivity index (χ0v) is 15.6. The lowest BCUT2D eigenvalue weighted by atomic mass is 10.1. The molecule has 0 bridgehead atoms. The molecule has 28 heavy (non-hydrogen) atoms. The molecular formula is C20H16F3N3OS. The molecule has 2 aromatic heterocycles. The molecule has 0 unspecified atom stereocenters. The number of pyridine rings is 1. The van der Waals surface area contributed by atoms with E-state index in [0.29, 0.717) is 30.1 Å². The lowest BCUT2D eigenvalue weighted by molar-refractivity contribution is -0.137. The molecule has 3 heterocycles. The van der Waals surface area contributed by atoms with Crippen LogP contribution in [0.2, 0.25) is 0 Å². The van der Waals surface area contributed by atoms with Crippen LogP contribution in [0.25, 0.3) is 10.6 Å². The van der Waals surface area contributed by atoms with Gasteiger partial charge in [0.25, 0.3) is 0 Å². The van der Waals surface area contributed by atoms with Gasteiger partial charge in [0.1, 0.15) is 5.01 Å². The van der Waals surface area contributed by atoms with Crippen molar-refractivity contribution in [3.05, 3.63) is 70.5 Å². The average Bonchev–Trinajstić information content (AvgIpc) is 3.11. The molecule has 1 aromatic carbocycles. The van der Waals surface area contributed by atoms with E-state index in [0.717, 1.165) is 28.4 Å². The van der Waals surface area contributed by atoms with Crippen molar-refractivity contribution in [1.29, 1.82) is 0 Å². The minimum atomic E-state index is -4.35. The first-order valence-electron chi connectivity index (χ1n) is 8.74. The summed E-state index contributed by atoms with van der Waals surface area (Å²) in [6, 6.07) is 10.5. The summed E-state index contributed by atoms with van der Waals surface area (Å²) in [5.74, 6) is 0.00818. The van der Waals surface area contributed by atoms with Gasteiger partial charge >= 0.3 is 6.18 Å². The van der Waals surface area contributed by atoms with Crippen molar-refractivity contribution in [1.82, 2.24) is 14.9 Å². The third kappa shape index (κ3) is 3.91. The second-order valence-electron chi connectivity index (χ2n) is 6.53. The van der Waals surface area contributed by atoms with Gasteiger partial charge in [-0.05, 0) is 24.3 Å². The molecule has 0 aliphatic carbocycles. The van der Waals surface area contributed by atoms with Crippen LogP contribution in [0.15, 0.2) is 48.7 Å². The Kier molecular flexibility index (Phi) is 4.89. The summed E-state index contributed by atoms with van der Waals surface area (Å²) < 4.78 is 38.2. The first kappa shape index (κ1) is 18.6. The highest BCUT2D eigenvalue weighted by Gasteiger charge is 2.30. The predicted octanol–water partition coefficient (Wildman–Crippen LogP) is 4.35. The van der Waals surface area contributed by atoms with Crippen molar-refractivity contribution in [2.45, 2.75) is 25.6 Å². The Bertz CT molecular complexity index is 984. The summed E-state index contributed by atoms with van der Waals surface area (Å²) in [6.07, 6.45) is -1.80. The van der Waals surface area contributed by atoms with Crippen molar-refractivity contribution in [2.75, 3.05) is 6.54 Å². The number of hydrogen-bond donors (Lipinski definition) is 0. The van der Waals surface area contributed by atoms with Crippen molar-refractivity contribution < 1.29 is 18.0 Å². The molecule has 144 valence electrons. The van der Waals surface area contributed by atoms with Gasteiger partial charge in [-0.2, -0.15) is 13.2 Å². The summed E-state index contributed by atoms with van der Waals surface area (Å²) in [4.78, 5) is 24.1. The van der Waals surface area contributed by atoms with E-state index in [4.69, 9.17) is 0 Å². The molecule has 0 N–H and O–H groups in total. The van der Waals surface area contributed by atoms with Crippen LogP contribution in [0.3, 0.4) is 0 Å². The molecule has 1 aliphatic rings. The summed E-state index contributed by atoms with van der Waals surface area (Å²) >= 11 is 1.43. The first-order valence-corrected chi connectivity index (χ1v) is 9.56. The fourth-order valence-corrected chi connectivity index (χ4v) is 4.23. The van der Waals surface area contributed by atoms with Crippen LogP contribution in [-0.4, -0.2) is 27.3 Å². The zero-order valence-electron chi connectivity index (χ0n) is 14.7. The van der Waals surface area contributed by atoms with Crippen LogP contribution in [0.1, 0.15) is 21.8 Å². The minimum Gasteiger partial charge on any atom is -0.337 e. The van der Waals surface area contributed by atoms with Crippen molar-refractivity contribution >= 4 is 17.2 Å². The number of halogens is 3. The molecule has 0 spiro atoms. The van der Waals surface area contributed by atoms with E-state index in [9.17, 15) is 18.0 Å². The summed E-state index contributed by atoms with van der Waals surface area (Å²) in [6.45, 7) is 1.05. The van der Waals surface area contributed by atoms with Crippen LogP contribution in [0.4, 0.5) is 13.2 Å². The molecule has 0 radical (unpaired) electrons. The Labute approximate surface area is 163 Å². The number of nitrogens with zero attached hydrogens (tertiary/aromatic N) is 3. The average molecular weight is 403 g/mol. The molecule has 4 nitrogen and oxygen atoms in total. The number of amides is 1. The van der Waals surface area contributed by atoms with E-state index in [-0.39, 0.29) is 12.3 Å². The van der Waals surface area contributed by atoms with Crippen molar-refractivity contribution in [2.24, 2.45) is 0 Å². The number of aromatic nitrogens is 2. The molecule has 1 aliphatic heterocycles. The van der Waals surface area contributed by atoms with Gasteiger partial charge in [-0.25, -0.2) is 4.98 Å². The normalized spacial score (nSPS) is 14.0. The fourth-order valence-electron chi connectivity index (χ4n) is 3.10. The third-order valence-electron chi connectivity index (χ3n) is 4.60. The molecular weight excluding hydrogens is 387 g/mol. The van der Waals surface area contributed by atoms with E-state index in [1.54, 1.807) is 17.2 Å². The van der Waals surface area contributed by atoms with E-state index in [2.05, 4.69) is 9.97 Å². The number of alkyl halides is 3. The molecule has 0 saturated carbocycles. The molecule has 0 saturated heterocycles. The van der Waals surface area contributed by atoms with Crippen molar-refractivity contribution in [3.63, 3.8) is 0 Å². The smallest absolute Gasteiger partial charge is 0.337 e. The van der Waals surface area contributed by atoms with E-state index >= 15 is 0 Å². The van der Waals surface area contributed by atoms with Gasteiger partial charge in [-0.1, -0.05) is 18.2 Å². The maximum atomic E-state index is 12.7. The maximum Gasteiger partial charge on any atom is 0.416 e. The number of carbonyl (C=O) groups excluding carboxylic acids is 1. The lowest BCUT2D eigenvalue weighted by Crippen LogP contribution is -2.36. The van der Waals surface area contributed by atoms with Crippen LogP contribution >= 0.6 is 11.3 Å². The minimum absolute atomic E-state index is 0.00818. The van der Waals surface area contributed by atoms with Crippen LogP contribution in [0.5, 0.6) is 0 Å². The number of carbonyl (C=O) groups is 1. The molecule has 0 fully saturated rings. The Hall–Kier alpha value is -2.74. The Morgan fingerprint density at radius 3 is 2.61 bits per heavy atom. The maximum absolute atomic E-state index is 12.7. The van der Waals surface area contributed by atoms with Gasteiger partial charge in [-0.15, -0.1) is 11.3 Å². The van der Waals surface area contributed by atoms with Crippen LogP contribution in [-0.2, 0) is 30.4 Å². The second-order valence-corrected chi connectivity index (χ2v) is 7.61. The van der Waals surface area contributed by atoms with Gasteiger partial charge in [0.2, 0.25) is 5.91 Å². The fraction of sp³-hybridized carbons (Fsp3) is 0.250. The van der Waals surface area contributed by atoms with Gasteiger partial charge in [0.05, 0.1) is 24.2 Å². The summed E-state index contributed by atoms with van der Waals surface area (Å²) in [5.41, 5.74) is 1.62. The number of thiazole rings is 1. The van der Waals surface area contributed by atoms with Gasteiger partial charge < -0.3 is 4.90 Å². The topological polar surface area (TPSA) is 46.1 Å². The zero-order chi connectivity index (χ0) is 19.7. The Morgan fingerprint density at radius 1 is 1.14 bits per heavy atom. The molecule has 3 aromatic rings. The Balaban J connectivity index is 1.48. The monoisotopic (exact) mass is 403 g/mol. The third-order valence-corrected chi connectivity index (χ3v) is 5.73. The van der Waals surface area contributed by atoms with Crippen LogP contribution in [0, 0.1) is 0 Å². The largest absolute Gasteiger partial charge is 0.416 e. The molecule has 4 rings (SSSR count). The second kappa shape index (κ2) is 7.35. The van der Waals surface area contributed by atoms with Crippen LogP contribution < -0.4 is 0 Å². The van der Waals surface area contributed by atoms with Gasteiger partial charge in [-0.3, -0.25) is 9.78 Å². The highest BCUT2D eigenvalue weighted by molar-refractivity contribution is 7.15. The van der Waals surface area contributed by atoms with E-state index in [1.165, 1.54) is 23.5 Å². The molecule has 1 amide bonds. The van der Waals surface area contributed by atoms with Crippen molar-refractivity contribution in [3.8, 4) is 10.6 Å².